The Labute approximate surface area is 156 Å². The summed E-state index contributed by atoms with van der Waals surface area (Å²) < 4.78 is 5.48. The Morgan fingerprint density at radius 3 is 2.62 bits per heavy atom. The van der Waals surface area contributed by atoms with Gasteiger partial charge in [-0.15, -0.1) is 0 Å². The molecule has 0 aliphatic heterocycles. The number of hydrogen-bond donors (Lipinski definition) is 2. The first kappa shape index (κ1) is 20.9. The van der Waals surface area contributed by atoms with Crippen molar-refractivity contribution in [1.29, 1.82) is 0 Å². The second kappa shape index (κ2) is 12.3. The van der Waals surface area contributed by atoms with Gasteiger partial charge in [-0.3, -0.25) is 20.4 Å². The largest absolute Gasteiger partial charge is 0.492 e. The van der Waals surface area contributed by atoms with Crippen LogP contribution in [0.5, 0.6) is 5.75 Å². The predicted molar refractivity (Wildman–Crippen MR) is 99.7 cm³/mol. The monoisotopic (exact) mass is 392 g/mol. The van der Waals surface area contributed by atoms with Crippen molar-refractivity contribution in [3.63, 3.8) is 0 Å². The summed E-state index contributed by atoms with van der Waals surface area (Å²) >= 11 is 13.3. The summed E-state index contributed by atoms with van der Waals surface area (Å²) in [5.41, 5.74) is 4.79. The van der Waals surface area contributed by atoms with Crippen LogP contribution in [0.2, 0.25) is 10.0 Å². The predicted octanol–water partition coefficient (Wildman–Crippen LogP) is 3.83. The molecule has 0 bridgehead atoms. The lowest BCUT2D eigenvalue weighted by Gasteiger charge is -2.09. The molecule has 0 aliphatic carbocycles. The number of hydrazine groups is 1. The maximum Gasteiger partial charge on any atom is 0.248 e. The molecule has 0 fully saturated rings. The van der Waals surface area contributed by atoms with E-state index < -0.39 is 0 Å². The van der Waals surface area contributed by atoms with Gasteiger partial charge in [-0.1, -0.05) is 36.5 Å². The van der Waals surface area contributed by atoms with Gasteiger partial charge in [0.2, 0.25) is 11.8 Å². The molecule has 0 radical (unpaired) electrons. The summed E-state index contributed by atoms with van der Waals surface area (Å²) in [6.07, 6.45) is 2.94. The van der Waals surface area contributed by atoms with E-state index in [-0.39, 0.29) is 18.2 Å². The van der Waals surface area contributed by atoms with Gasteiger partial charge in [0.15, 0.2) is 0 Å². The fourth-order valence-electron chi connectivity index (χ4n) is 1.66. The van der Waals surface area contributed by atoms with E-state index in [1.54, 1.807) is 30.0 Å². The number of unbranched alkanes of at least 4 members (excludes halogenated alkanes) is 1. The highest BCUT2D eigenvalue weighted by molar-refractivity contribution is 7.99. The molecule has 0 atom stereocenters. The Hall–Kier alpha value is -1.11. The lowest BCUT2D eigenvalue weighted by molar-refractivity contribution is -0.127. The second-order valence-electron chi connectivity index (χ2n) is 5.03. The maximum atomic E-state index is 11.6. The van der Waals surface area contributed by atoms with E-state index in [9.17, 15) is 9.59 Å². The molecule has 24 heavy (non-hydrogen) atoms. The average molecular weight is 393 g/mol. The van der Waals surface area contributed by atoms with E-state index in [0.29, 0.717) is 34.6 Å². The summed E-state index contributed by atoms with van der Waals surface area (Å²) in [5, 5.41) is 0.968. The minimum Gasteiger partial charge on any atom is -0.492 e. The van der Waals surface area contributed by atoms with Gasteiger partial charge in [0.1, 0.15) is 5.75 Å². The van der Waals surface area contributed by atoms with Crippen molar-refractivity contribution in [2.75, 3.05) is 18.1 Å². The molecule has 0 heterocycles. The molecule has 2 N–H and O–H groups in total. The third-order valence-electron chi connectivity index (χ3n) is 2.92. The van der Waals surface area contributed by atoms with Crippen molar-refractivity contribution in [3.05, 3.63) is 28.2 Å². The van der Waals surface area contributed by atoms with Crippen LogP contribution in [-0.4, -0.2) is 29.9 Å². The highest BCUT2D eigenvalue weighted by Gasteiger charge is 2.06. The highest BCUT2D eigenvalue weighted by atomic mass is 35.5. The minimum absolute atomic E-state index is 0.200. The number of hydrogen-bond acceptors (Lipinski definition) is 4. The molecular formula is C16H22Cl2N2O3S. The van der Waals surface area contributed by atoms with Gasteiger partial charge in [0.05, 0.1) is 17.4 Å². The molecule has 0 saturated heterocycles. The topological polar surface area (TPSA) is 67.4 Å². The van der Waals surface area contributed by atoms with Crippen molar-refractivity contribution in [3.8, 4) is 5.75 Å². The molecule has 0 aliphatic rings. The molecule has 2 amide bonds. The SMILES string of the molecule is CCCCSCC(=O)NNC(=O)CCCOc1ccc(Cl)cc1Cl. The smallest absolute Gasteiger partial charge is 0.248 e. The quantitative estimate of drug-likeness (QED) is 0.468. The van der Waals surface area contributed by atoms with Gasteiger partial charge >= 0.3 is 0 Å². The Bertz CT molecular complexity index is 544. The van der Waals surface area contributed by atoms with Crippen LogP contribution in [0.4, 0.5) is 0 Å². The molecular weight excluding hydrogens is 371 g/mol. The molecule has 0 aromatic heterocycles. The molecule has 0 spiro atoms. The lowest BCUT2D eigenvalue weighted by Crippen LogP contribution is -2.42. The second-order valence-corrected chi connectivity index (χ2v) is 6.98. The maximum absolute atomic E-state index is 11.6. The molecule has 5 nitrogen and oxygen atoms in total. The zero-order valence-electron chi connectivity index (χ0n) is 13.6. The lowest BCUT2D eigenvalue weighted by atomic mass is 10.3. The van der Waals surface area contributed by atoms with Gasteiger partial charge in [-0.05, 0) is 36.8 Å². The van der Waals surface area contributed by atoms with E-state index >= 15 is 0 Å². The first-order valence-electron chi connectivity index (χ1n) is 7.76. The first-order valence-corrected chi connectivity index (χ1v) is 9.67. The summed E-state index contributed by atoms with van der Waals surface area (Å²) in [4.78, 5) is 23.1. The summed E-state index contributed by atoms with van der Waals surface area (Å²) in [5.74, 6) is 1.36. The van der Waals surface area contributed by atoms with Gasteiger partial charge in [-0.25, -0.2) is 0 Å². The number of rotatable bonds is 10. The van der Waals surface area contributed by atoms with Crippen molar-refractivity contribution in [2.45, 2.75) is 32.6 Å². The van der Waals surface area contributed by atoms with Crippen molar-refractivity contribution >= 4 is 46.8 Å². The summed E-state index contributed by atoms with van der Waals surface area (Å²) in [7, 11) is 0. The molecule has 1 aromatic carbocycles. The standard InChI is InChI=1S/C16H22Cl2N2O3S/c1-2-3-9-24-11-16(22)20-19-15(21)5-4-8-23-14-7-6-12(17)10-13(14)18/h6-7,10H,2-5,8-9,11H2,1H3,(H,19,21)(H,20,22). The summed E-state index contributed by atoms with van der Waals surface area (Å²) in [6.45, 7) is 2.45. The van der Waals surface area contributed by atoms with Crippen LogP contribution < -0.4 is 15.6 Å². The van der Waals surface area contributed by atoms with Gasteiger partial charge < -0.3 is 4.74 Å². The zero-order chi connectivity index (χ0) is 17.8. The van der Waals surface area contributed by atoms with Crippen LogP contribution in [-0.2, 0) is 9.59 Å². The van der Waals surface area contributed by atoms with Crippen molar-refractivity contribution < 1.29 is 14.3 Å². The molecule has 1 rings (SSSR count). The fourth-order valence-corrected chi connectivity index (χ4v) is 3.01. The first-order chi connectivity index (χ1) is 11.5. The molecule has 134 valence electrons. The molecule has 8 heteroatoms. The van der Waals surface area contributed by atoms with E-state index in [4.69, 9.17) is 27.9 Å². The van der Waals surface area contributed by atoms with E-state index in [0.717, 1.165) is 18.6 Å². The van der Waals surface area contributed by atoms with Crippen molar-refractivity contribution in [1.82, 2.24) is 10.9 Å². The number of carbonyl (C=O) groups is 2. The zero-order valence-corrected chi connectivity index (χ0v) is 15.9. The minimum atomic E-state index is -0.257. The van der Waals surface area contributed by atoms with Crippen LogP contribution in [0.3, 0.4) is 0 Å². The van der Waals surface area contributed by atoms with Crippen LogP contribution in [0.1, 0.15) is 32.6 Å². The third-order valence-corrected chi connectivity index (χ3v) is 4.49. The molecule has 0 unspecified atom stereocenters. The highest BCUT2D eigenvalue weighted by Crippen LogP contribution is 2.27. The number of ether oxygens (including phenoxy) is 1. The number of nitrogens with one attached hydrogen (secondary N) is 2. The van der Waals surface area contributed by atoms with Gasteiger partial charge in [0, 0.05) is 11.4 Å². The Morgan fingerprint density at radius 1 is 1.17 bits per heavy atom. The van der Waals surface area contributed by atoms with Crippen LogP contribution in [0.15, 0.2) is 18.2 Å². The van der Waals surface area contributed by atoms with E-state index in [2.05, 4.69) is 17.8 Å². The van der Waals surface area contributed by atoms with Crippen LogP contribution in [0, 0.1) is 0 Å². The van der Waals surface area contributed by atoms with Crippen LogP contribution >= 0.6 is 35.0 Å². The number of benzene rings is 1. The van der Waals surface area contributed by atoms with E-state index in [1.165, 1.54) is 0 Å². The Kier molecular flexibility index (Phi) is 10.7. The Balaban J connectivity index is 2.10. The summed E-state index contributed by atoms with van der Waals surface area (Å²) in [6, 6.07) is 4.96. The molecule has 1 aromatic rings. The van der Waals surface area contributed by atoms with Crippen molar-refractivity contribution in [2.24, 2.45) is 0 Å². The normalized spacial score (nSPS) is 10.3. The van der Waals surface area contributed by atoms with Gasteiger partial charge in [-0.2, -0.15) is 11.8 Å². The molecule has 0 saturated carbocycles. The van der Waals surface area contributed by atoms with E-state index in [1.807, 2.05) is 0 Å². The average Bonchev–Trinajstić information content (AvgIpc) is 2.55. The van der Waals surface area contributed by atoms with Crippen LogP contribution in [0.25, 0.3) is 0 Å². The number of thioether (sulfide) groups is 1. The Morgan fingerprint density at radius 2 is 1.92 bits per heavy atom. The number of amides is 2. The number of carbonyl (C=O) groups excluding carboxylic acids is 2. The van der Waals surface area contributed by atoms with Gasteiger partial charge in [0.25, 0.3) is 0 Å². The number of halogens is 2. The fraction of sp³-hybridized carbons (Fsp3) is 0.500. The third kappa shape index (κ3) is 9.25.